The van der Waals surface area contributed by atoms with Crippen molar-refractivity contribution in [2.24, 2.45) is 10.7 Å². The summed E-state index contributed by atoms with van der Waals surface area (Å²) >= 11 is 0. The molecule has 0 aliphatic rings. The van der Waals surface area contributed by atoms with Crippen molar-refractivity contribution in [1.82, 2.24) is 5.32 Å². The van der Waals surface area contributed by atoms with Gasteiger partial charge in [-0.05, 0) is 13.3 Å². The van der Waals surface area contributed by atoms with Gasteiger partial charge in [0.15, 0.2) is 5.96 Å². The molecule has 0 aliphatic heterocycles. The van der Waals surface area contributed by atoms with Crippen LogP contribution in [0.15, 0.2) is 29.3 Å². The number of hydrogen-bond acceptors (Lipinski definition) is 4. The fourth-order valence-electron chi connectivity index (χ4n) is 1.58. The number of aliphatic imine (C=N–C) groups is 1. The van der Waals surface area contributed by atoms with Gasteiger partial charge in [0.25, 0.3) is 5.69 Å². The van der Waals surface area contributed by atoms with E-state index in [0.29, 0.717) is 25.3 Å². The van der Waals surface area contributed by atoms with Crippen LogP contribution < -0.4 is 11.1 Å². The summed E-state index contributed by atoms with van der Waals surface area (Å²) < 4.78 is 5.19. The maximum Gasteiger partial charge on any atom is 0.274 e. The normalized spacial score (nSPS) is 11.3. The number of nitrogens with one attached hydrogen (secondary N) is 1. The number of guanidine groups is 1. The molecule has 1 rings (SSSR count). The van der Waals surface area contributed by atoms with Crippen molar-refractivity contribution in [3.63, 3.8) is 0 Å². The first-order chi connectivity index (χ1) is 9.65. The summed E-state index contributed by atoms with van der Waals surface area (Å²) in [5.41, 5.74) is 6.29. The van der Waals surface area contributed by atoms with Gasteiger partial charge in [-0.15, -0.1) is 0 Å². The van der Waals surface area contributed by atoms with Crippen LogP contribution in [0.25, 0.3) is 0 Å². The number of nitrogens with zero attached hydrogens (tertiary/aromatic N) is 2. The average Bonchev–Trinajstić information content (AvgIpc) is 2.45. The van der Waals surface area contributed by atoms with Crippen LogP contribution in [0.4, 0.5) is 5.69 Å². The Bertz CT molecular complexity index is 463. The molecule has 0 amide bonds. The van der Waals surface area contributed by atoms with Crippen molar-refractivity contribution in [3.05, 3.63) is 39.9 Å². The summed E-state index contributed by atoms with van der Waals surface area (Å²) in [5, 5.41) is 13.8. The molecule has 0 aliphatic carbocycles. The van der Waals surface area contributed by atoms with Crippen LogP contribution in [0.1, 0.15) is 18.9 Å². The van der Waals surface area contributed by atoms with Gasteiger partial charge in [-0.1, -0.05) is 18.2 Å². The van der Waals surface area contributed by atoms with E-state index in [9.17, 15) is 10.1 Å². The van der Waals surface area contributed by atoms with E-state index in [4.69, 9.17) is 10.5 Å². The molecule has 1 aromatic rings. The van der Waals surface area contributed by atoms with Crippen LogP contribution in [-0.2, 0) is 11.3 Å². The third-order valence-electron chi connectivity index (χ3n) is 2.58. The van der Waals surface area contributed by atoms with Gasteiger partial charge in [0, 0.05) is 25.8 Å². The number of rotatable bonds is 8. The van der Waals surface area contributed by atoms with E-state index in [-0.39, 0.29) is 18.2 Å². The van der Waals surface area contributed by atoms with Crippen molar-refractivity contribution in [2.75, 3.05) is 19.8 Å². The Hall–Kier alpha value is -2.15. The van der Waals surface area contributed by atoms with E-state index >= 15 is 0 Å². The largest absolute Gasteiger partial charge is 0.382 e. The smallest absolute Gasteiger partial charge is 0.274 e. The number of benzene rings is 1. The second-order valence-corrected chi connectivity index (χ2v) is 4.06. The Morgan fingerprint density at radius 3 is 2.95 bits per heavy atom. The van der Waals surface area contributed by atoms with E-state index in [1.54, 1.807) is 18.2 Å². The predicted molar refractivity (Wildman–Crippen MR) is 77.5 cm³/mol. The van der Waals surface area contributed by atoms with Crippen LogP contribution in [0.2, 0.25) is 0 Å². The highest BCUT2D eigenvalue weighted by atomic mass is 16.6. The lowest BCUT2D eigenvalue weighted by molar-refractivity contribution is -0.385. The summed E-state index contributed by atoms with van der Waals surface area (Å²) in [7, 11) is 0. The molecule has 0 atom stereocenters. The van der Waals surface area contributed by atoms with E-state index in [1.807, 2.05) is 6.92 Å². The highest BCUT2D eigenvalue weighted by Crippen LogP contribution is 2.18. The number of nitro groups is 1. The molecule has 0 spiro atoms. The first-order valence-corrected chi connectivity index (χ1v) is 6.49. The Morgan fingerprint density at radius 2 is 2.25 bits per heavy atom. The van der Waals surface area contributed by atoms with Gasteiger partial charge in [-0.2, -0.15) is 0 Å². The van der Waals surface area contributed by atoms with Gasteiger partial charge < -0.3 is 15.8 Å². The topological polar surface area (TPSA) is 103 Å². The van der Waals surface area contributed by atoms with Gasteiger partial charge in [-0.25, -0.2) is 4.99 Å². The lowest BCUT2D eigenvalue weighted by Gasteiger charge is -2.06. The van der Waals surface area contributed by atoms with Gasteiger partial charge in [0.1, 0.15) is 0 Å². The number of hydrogen-bond donors (Lipinski definition) is 2. The molecular formula is C13H20N4O3. The minimum absolute atomic E-state index is 0.0559. The second kappa shape index (κ2) is 8.87. The minimum atomic E-state index is -0.420. The number of nitrogens with two attached hydrogens (primary N) is 1. The summed E-state index contributed by atoms with van der Waals surface area (Å²) in [5.74, 6) is 0.277. The molecule has 0 saturated heterocycles. The van der Waals surface area contributed by atoms with Crippen molar-refractivity contribution in [3.8, 4) is 0 Å². The van der Waals surface area contributed by atoms with Crippen LogP contribution >= 0.6 is 0 Å². The zero-order valence-corrected chi connectivity index (χ0v) is 11.5. The molecule has 0 bridgehead atoms. The monoisotopic (exact) mass is 280 g/mol. The Morgan fingerprint density at radius 1 is 1.50 bits per heavy atom. The van der Waals surface area contributed by atoms with Crippen molar-refractivity contribution in [1.29, 1.82) is 0 Å². The Kier molecular flexibility index (Phi) is 7.05. The van der Waals surface area contributed by atoms with E-state index in [2.05, 4.69) is 10.3 Å². The molecule has 20 heavy (non-hydrogen) atoms. The maximum atomic E-state index is 10.8. The highest BCUT2D eigenvalue weighted by molar-refractivity contribution is 5.77. The third kappa shape index (κ3) is 5.66. The van der Waals surface area contributed by atoms with Gasteiger partial charge in [0.2, 0.25) is 0 Å². The fourth-order valence-corrected chi connectivity index (χ4v) is 1.58. The molecule has 1 aromatic carbocycles. The standard InChI is InChI=1S/C13H20N4O3/c1-2-20-9-5-8-15-13(14)16-10-11-6-3-4-7-12(11)17(18)19/h3-4,6-7H,2,5,8-10H2,1H3,(H3,14,15,16). The van der Waals surface area contributed by atoms with Gasteiger partial charge in [0.05, 0.1) is 17.0 Å². The maximum absolute atomic E-state index is 10.8. The molecule has 0 unspecified atom stereocenters. The third-order valence-corrected chi connectivity index (χ3v) is 2.58. The molecule has 110 valence electrons. The molecule has 7 nitrogen and oxygen atoms in total. The molecular weight excluding hydrogens is 260 g/mol. The first kappa shape index (κ1) is 15.9. The molecule has 0 fully saturated rings. The minimum Gasteiger partial charge on any atom is -0.382 e. The molecule has 0 heterocycles. The number of ether oxygens (including phenoxy) is 1. The van der Waals surface area contributed by atoms with Crippen LogP contribution in [0.5, 0.6) is 0 Å². The second-order valence-electron chi connectivity index (χ2n) is 4.06. The van der Waals surface area contributed by atoms with E-state index in [0.717, 1.165) is 6.42 Å². The summed E-state index contributed by atoms with van der Waals surface area (Å²) in [6.45, 7) is 4.14. The summed E-state index contributed by atoms with van der Waals surface area (Å²) in [4.78, 5) is 14.5. The summed E-state index contributed by atoms with van der Waals surface area (Å²) in [6.07, 6.45) is 0.829. The summed E-state index contributed by atoms with van der Waals surface area (Å²) in [6, 6.07) is 6.49. The predicted octanol–water partition coefficient (Wildman–Crippen LogP) is 1.43. The Labute approximate surface area is 118 Å². The van der Waals surface area contributed by atoms with Crippen LogP contribution in [-0.4, -0.2) is 30.6 Å². The highest BCUT2D eigenvalue weighted by Gasteiger charge is 2.11. The first-order valence-electron chi connectivity index (χ1n) is 6.49. The zero-order chi connectivity index (χ0) is 14.8. The molecule has 0 radical (unpaired) electrons. The van der Waals surface area contributed by atoms with Crippen LogP contribution in [0, 0.1) is 10.1 Å². The quantitative estimate of drug-likeness (QED) is 0.246. The number of nitro benzene ring substituents is 1. The molecule has 3 N–H and O–H groups in total. The van der Waals surface area contributed by atoms with Crippen molar-refractivity contribution >= 4 is 11.6 Å². The van der Waals surface area contributed by atoms with Crippen LogP contribution in [0.3, 0.4) is 0 Å². The fraction of sp³-hybridized carbons (Fsp3) is 0.462. The van der Waals surface area contributed by atoms with Crippen molar-refractivity contribution < 1.29 is 9.66 Å². The van der Waals surface area contributed by atoms with Gasteiger partial charge in [-0.3, -0.25) is 10.1 Å². The number of para-hydroxylation sites is 1. The lowest BCUT2D eigenvalue weighted by Crippen LogP contribution is -2.32. The van der Waals surface area contributed by atoms with E-state index < -0.39 is 4.92 Å². The lowest BCUT2D eigenvalue weighted by atomic mass is 10.2. The SMILES string of the molecule is CCOCCCNC(N)=NCc1ccccc1[N+](=O)[O-]. The molecule has 7 heteroatoms. The zero-order valence-electron chi connectivity index (χ0n) is 11.5. The van der Waals surface area contributed by atoms with E-state index in [1.165, 1.54) is 6.07 Å². The Balaban J connectivity index is 2.44. The molecule has 0 aromatic heterocycles. The van der Waals surface area contributed by atoms with Crippen molar-refractivity contribution in [2.45, 2.75) is 19.9 Å². The van der Waals surface area contributed by atoms with Gasteiger partial charge >= 0.3 is 0 Å². The molecule has 0 saturated carbocycles. The average molecular weight is 280 g/mol.